The number of nitrogens with zero attached hydrogens (tertiary/aromatic N) is 3. The lowest BCUT2D eigenvalue weighted by Gasteiger charge is -2.04. The van der Waals surface area contributed by atoms with Gasteiger partial charge in [-0.25, -0.2) is 4.98 Å². The number of aromatic nitrogens is 3. The smallest absolute Gasteiger partial charge is 0.435 e. The molecule has 3 rings (SSSR count). The zero-order valence-corrected chi connectivity index (χ0v) is 13.6. The number of hydrogen-bond acceptors (Lipinski definition) is 6. The van der Waals surface area contributed by atoms with Crippen LogP contribution in [0.5, 0.6) is 0 Å². The van der Waals surface area contributed by atoms with Gasteiger partial charge >= 0.3 is 12.1 Å². The molecule has 3 heterocycles. The van der Waals surface area contributed by atoms with Crippen LogP contribution >= 0.6 is 22.7 Å². The van der Waals surface area contributed by atoms with Crippen molar-refractivity contribution in [2.45, 2.75) is 19.3 Å². The molecule has 24 heavy (non-hydrogen) atoms. The molecule has 0 bridgehead atoms. The summed E-state index contributed by atoms with van der Waals surface area (Å²) >= 11 is 2.99. The Morgan fingerprint density at radius 2 is 2.12 bits per heavy atom. The summed E-state index contributed by atoms with van der Waals surface area (Å²) in [6.07, 6.45) is -3.45. The van der Waals surface area contributed by atoms with Crippen LogP contribution in [0.1, 0.15) is 11.4 Å². The van der Waals surface area contributed by atoms with E-state index in [4.69, 9.17) is 4.74 Å². The normalized spacial score (nSPS) is 11.6. The minimum Gasteiger partial charge on any atom is -0.458 e. The van der Waals surface area contributed by atoms with Gasteiger partial charge in [0.25, 0.3) is 0 Å². The Morgan fingerprint density at radius 1 is 1.29 bits per heavy atom. The third kappa shape index (κ3) is 4.01. The summed E-state index contributed by atoms with van der Waals surface area (Å²) in [5, 5.41) is 9.79. The molecule has 0 aromatic carbocycles. The van der Waals surface area contributed by atoms with Crippen molar-refractivity contribution in [2.24, 2.45) is 0 Å². The monoisotopic (exact) mass is 373 g/mol. The Bertz CT molecular complexity index is 825. The molecule has 3 aromatic rings. The molecule has 3 aromatic heterocycles. The molecule has 0 unspecified atom stereocenters. The first kappa shape index (κ1) is 16.7. The molecule has 126 valence electrons. The molecule has 0 saturated heterocycles. The van der Waals surface area contributed by atoms with E-state index in [9.17, 15) is 18.0 Å². The van der Waals surface area contributed by atoms with Crippen LogP contribution in [0.3, 0.4) is 0 Å². The molecule has 0 atom stereocenters. The molecule has 5 nitrogen and oxygen atoms in total. The summed E-state index contributed by atoms with van der Waals surface area (Å²) in [5.74, 6) is -0.683. The Morgan fingerprint density at radius 3 is 2.79 bits per heavy atom. The summed E-state index contributed by atoms with van der Waals surface area (Å²) in [6, 6.07) is 2.75. The number of ether oxygens (including phenoxy) is 1. The highest BCUT2D eigenvalue weighted by Crippen LogP contribution is 2.27. The minimum atomic E-state index is -4.53. The number of alkyl halides is 3. The van der Waals surface area contributed by atoms with Crippen molar-refractivity contribution in [3.05, 3.63) is 45.9 Å². The number of hydrogen-bond donors (Lipinski definition) is 0. The lowest BCUT2D eigenvalue weighted by Crippen LogP contribution is -2.15. The van der Waals surface area contributed by atoms with Crippen LogP contribution in [0, 0.1) is 0 Å². The summed E-state index contributed by atoms with van der Waals surface area (Å²) in [5.41, 5.74) is 0.542. The van der Waals surface area contributed by atoms with Crippen LogP contribution in [-0.2, 0) is 28.9 Å². The summed E-state index contributed by atoms with van der Waals surface area (Å²) in [7, 11) is 0. The van der Waals surface area contributed by atoms with Gasteiger partial charge < -0.3 is 4.74 Å². The van der Waals surface area contributed by atoms with Gasteiger partial charge in [0.2, 0.25) is 0 Å². The second kappa shape index (κ2) is 6.73. The highest BCUT2D eigenvalue weighted by atomic mass is 32.1. The average Bonchev–Trinajstić information content (AvgIpc) is 3.25. The van der Waals surface area contributed by atoms with E-state index in [1.807, 2.05) is 16.8 Å². The maximum absolute atomic E-state index is 12.4. The number of esters is 1. The zero-order valence-electron chi connectivity index (χ0n) is 12.0. The van der Waals surface area contributed by atoms with Gasteiger partial charge in [-0.15, -0.1) is 11.3 Å². The summed E-state index contributed by atoms with van der Waals surface area (Å²) in [4.78, 5) is 16.0. The van der Waals surface area contributed by atoms with Crippen LogP contribution < -0.4 is 0 Å². The van der Waals surface area contributed by atoms with Crippen molar-refractivity contribution >= 4 is 28.6 Å². The molecule has 0 fully saturated rings. The first-order valence-corrected chi connectivity index (χ1v) is 8.47. The molecule has 0 aliphatic rings. The fraction of sp³-hybridized carbons (Fsp3) is 0.214. The molecular formula is C14H10F3N3O2S2. The molecule has 0 spiro atoms. The first-order valence-electron chi connectivity index (χ1n) is 6.65. The second-order valence-electron chi connectivity index (χ2n) is 4.71. The number of rotatable bonds is 5. The maximum Gasteiger partial charge on any atom is 0.435 e. The Kier molecular flexibility index (Phi) is 4.67. The van der Waals surface area contributed by atoms with Crippen molar-refractivity contribution in [3.8, 4) is 10.6 Å². The maximum atomic E-state index is 12.4. The topological polar surface area (TPSA) is 57.0 Å². The fourth-order valence-electron chi connectivity index (χ4n) is 1.83. The average molecular weight is 373 g/mol. The van der Waals surface area contributed by atoms with Gasteiger partial charge in [-0.3, -0.25) is 9.48 Å². The number of carbonyl (C=O) groups excluding carboxylic acids is 1. The van der Waals surface area contributed by atoms with E-state index in [1.54, 1.807) is 16.7 Å². The predicted molar refractivity (Wildman–Crippen MR) is 82.5 cm³/mol. The van der Waals surface area contributed by atoms with Gasteiger partial charge in [-0.2, -0.15) is 29.6 Å². The zero-order chi connectivity index (χ0) is 17.2. The molecule has 0 aliphatic carbocycles. The number of thiazole rings is 1. The SMILES string of the molecule is O=C(Cn1ccc(C(F)(F)F)n1)OCc1csc(-c2ccsc2)n1. The predicted octanol–water partition coefficient (Wildman–Crippen LogP) is 3.83. The molecule has 0 amide bonds. The molecule has 0 aliphatic heterocycles. The molecule has 0 saturated carbocycles. The molecule has 0 N–H and O–H groups in total. The van der Waals surface area contributed by atoms with Crippen molar-refractivity contribution in [3.63, 3.8) is 0 Å². The Labute approximate surface area is 142 Å². The van der Waals surface area contributed by atoms with Gasteiger partial charge in [0.15, 0.2) is 5.69 Å². The summed E-state index contributed by atoms with van der Waals surface area (Å²) < 4.78 is 43.2. The van der Waals surface area contributed by atoms with E-state index in [0.717, 1.165) is 27.5 Å². The standard InChI is InChI=1S/C14H10F3N3O2S2/c15-14(16,17)11-1-3-20(19-11)5-12(21)22-6-10-8-24-13(18-10)9-2-4-23-7-9/h1-4,7-8H,5-6H2. The molecule has 0 radical (unpaired) electrons. The lowest BCUT2D eigenvalue weighted by atomic mass is 10.4. The highest BCUT2D eigenvalue weighted by molar-refractivity contribution is 7.14. The fourth-order valence-corrected chi connectivity index (χ4v) is 3.34. The van der Waals surface area contributed by atoms with Gasteiger partial charge in [-0.05, 0) is 17.5 Å². The van der Waals surface area contributed by atoms with Crippen LogP contribution in [0.2, 0.25) is 0 Å². The minimum absolute atomic E-state index is 0.0349. The molecule has 10 heteroatoms. The van der Waals surface area contributed by atoms with Crippen molar-refractivity contribution in [2.75, 3.05) is 0 Å². The summed E-state index contributed by atoms with van der Waals surface area (Å²) in [6.45, 7) is -0.426. The van der Waals surface area contributed by atoms with Crippen molar-refractivity contribution in [1.82, 2.24) is 14.8 Å². The Hall–Kier alpha value is -2.20. The third-order valence-corrected chi connectivity index (χ3v) is 4.55. The number of thiophene rings is 1. The van der Waals surface area contributed by atoms with Gasteiger partial charge in [0.05, 0.1) is 5.69 Å². The van der Waals surface area contributed by atoms with Gasteiger partial charge in [-0.1, -0.05) is 0 Å². The first-order chi connectivity index (χ1) is 11.4. The lowest BCUT2D eigenvalue weighted by molar-refractivity contribution is -0.147. The Balaban J connectivity index is 1.53. The van der Waals surface area contributed by atoms with Crippen molar-refractivity contribution in [1.29, 1.82) is 0 Å². The van der Waals surface area contributed by atoms with Gasteiger partial charge in [0.1, 0.15) is 18.2 Å². The quantitative estimate of drug-likeness (QED) is 0.638. The van der Waals surface area contributed by atoms with Crippen LogP contribution in [-0.4, -0.2) is 20.7 Å². The van der Waals surface area contributed by atoms with E-state index in [2.05, 4.69) is 10.1 Å². The number of halogens is 3. The van der Waals surface area contributed by atoms with Crippen LogP contribution in [0.15, 0.2) is 34.5 Å². The van der Waals surface area contributed by atoms with Crippen LogP contribution in [0.25, 0.3) is 10.6 Å². The van der Waals surface area contributed by atoms with Crippen molar-refractivity contribution < 1.29 is 22.7 Å². The third-order valence-electron chi connectivity index (χ3n) is 2.92. The van der Waals surface area contributed by atoms with Crippen LogP contribution in [0.4, 0.5) is 13.2 Å². The second-order valence-corrected chi connectivity index (χ2v) is 6.35. The highest BCUT2D eigenvalue weighted by Gasteiger charge is 2.33. The van der Waals surface area contributed by atoms with E-state index in [-0.39, 0.29) is 6.61 Å². The van der Waals surface area contributed by atoms with E-state index in [1.165, 1.54) is 11.3 Å². The van der Waals surface area contributed by atoms with E-state index in [0.29, 0.717) is 5.69 Å². The molecular weight excluding hydrogens is 363 g/mol. The number of carbonyl (C=O) groups is 1. The van der Waals surface area contributed by atoms with E-state index >= 15 is 0 Å². The largest absolute Gasteiger partial charge is 0.458 e. The van der Waals surface area contributed by atoms with Gasteiger partial charge in [0, 0.05) is 22.5 Å². The van der Waals surface area contributed by atoms with E-state index < -0.39 is 24.4 Å².